The molecule has 0 aliphatic rings. The van der Waals surface area contributed by atoms with E-state index in [2.05, 4.69) is 44.9 Å². The minimum Gasteiger partial charge on any atom is -0.355 e. The fraction of sp³-hybridized carbons (Fsp3) is 0. The summed E-state index contributed by atoms with van der Waals surface area (Å²) >= 11 is 3.31. The van der Waals surface area contributed by atoms with Crippen LogP contribution in [0.4, 0.5) is 11.4 Å². The van der Waals surface area contributed by atoms with E-state index in [0.717, 1.165) is 27.1 Å². The van der Waals surface area contributed by atoms with Crippen LogP contribution in [0.15, 0.2) is 47.4 Å². The van der Waals surface area contributed by atoms with Gasteiger partial charge in [-0.2, -0.15) is 0 Å². The molecule has 0 atom stereocenters. The number of rotatable bonds is 2. The van der Waals surface area contributed by atoms with Crippen molar-refractivity contribution < 1.29 is 0 Å². The van der Waals surface area contributed by atoms with Gasteiger partial charge in [0, 0.05) is 17.3 Å². The summed E-state index contributed by atoms with van der Waals surface area (Å²) in [6, 6.07) is 10.3. The monoisotopic (exact) mass is 283 g/mol. The number of hydrogen-bond acceptors (Lipinski definition) is 5. The zero-order valence-corrected chi connectivity index (χ0v) is 11.5. The first-order chi connectivity index (χ1) is 9.40. The van der Waals surface area contributed by atoms with Crippen LogP contribution in [0, 0.1) is 0 Å². The Morgan fingerprint density at radius 3 is 3.00 bits per heavy atom. The molecule has 0 aliphatic carbocycles. The van der Waals surface area contributed by atoms with Crippen LogP contribution in [-0.4, -0.2) is 9.97 Å². The smallest absolute Gasteiger partial charge is 0.125 e. The van der Waals surface area contributed by atoms with Crippen LogP contribution in [-0.2, 0) is 0 Å². The molecule has 3 aromatic heterocycles. The molecule has 0 bridgehead atoms. The lowest BCUT2D eigenvalue weighted by atomic mass is 10.2. The first-order valence-electron chi connectivity index (χ1n) is 5.83. The highest BCUT2D eigenvalue weighted by molar-refractivity contribution is 7.17. The van der Waals surface area contributed by atoms with Crippen LogP contribution in [0.1, 0.15) is 0 Å². The lowest BCUT2D eigenvalue weighted by Gasteiger charge is -2.07. The van der Waals surface area contributed by atoms with Crippen molar-refractivity contribution in [2.24, 2.45) is 0 Å². The maximum Gasteiger partial charge on any atom is 0.125 e. The van der Waals surface area contributed by atoms with Crippen LogP contribution in [0.5, 0.6) is 0 Å². The van der Waals surface area contributed by atoms with Crippen molar-refractivity contribution >= 4 is 54.5 Å². The van der Waals surface area contributed by atoms with Crippen molar-refractivity contribution in [3.8, 4) is 0 Å². The third-order valence-electron chi connectivity index (χ3n) is 2.98. The molecule has 4 rings (SSSR count). The minimum atomic E-state index is 1.03. The van der Waals surface area contributed by atoms with Crippen molar-refractivity contribution in [2.45, 2.75) is 0 Å². The van der Waals surface area contributed by atoms with Gasteiger partial charge in [-0.25, -0.2) is 9.97 Å². The molecule has 0 radical (unpaired) electrons. The van der Waals surface area contributed by atoms with Crippen molar-refractivity contribution in [1.82, 2.24) is 9.97 Å². The Bertz CT molecular complexity index is 863. The molecule has 3 heterocycles. The highest BCUT2D eigenvalue weighted by Gasteiger charge is 2.04. The Morgan fingerprint density at radius 2 is 2.00 bits per heavy atom. The van der Waals surface area contributed by atoms with Gasteiger partial charge in [0.15, 0.2) is 0 Å². The largest absolute Gasteiger partial charge is 0.355 e. The van der Waals surface area contributed by atoms with Crippen LogP contribution < -0.4 is 5.32 Å². The highest BCUT2D eigenvalue weighted by atomic mass is 32.1. The quantitative estimate of drug-likeness (QED) is 0.582. The van der Waals surface area contributed by atoms with Crippen molar-refractivity contribution in [3.63, 3.8) is 0 Å². The first kappa shape index (κ1) is 10.9. The summed E-state index contributed by atoms with van der Waals surface area (Å²) in [6.45, 7) is 0. The second kappa shape index (κ2) is 4.29. The summed E-state index contributed by atoms with van der Waals surface area (Å²) in [5.41, 5.74) is 5.04. The zero-order chi connectivity index (χ0) is 12.7. The fourth-order valence-corrected chi connectivity index (χ4v) is 3.49. The summed E-state index contributed by atoms with van der Waals surface area (Å²) in [4.78, 5) is 9.75. The second-order valence-corrected chi connectivity index (χ2v) is 5.94. The Kier molecular flexibility index (Phi) is 2.46. The first-order valence-corrected chi connectivity index (χ1v) is 7.58. The van der Waals surface area contributed by atoms with Gasteiger partial charge in [0.05, 0.1) is 21.4 Å². The summed E-state index contributed by atoms with van der Waals surface area (Å²) in [7, 11) is 0. The van der Waals surface area contributed by atoms with Gasteiger partial charge in [0.25, 0.3) is 0 Å². The standard InChI is InChI=1S/C14H9N3S2/c1-2-13-12(16-8-19-13)7-9(1)17-11-3-5-15-14-10(11)4-6-18-14/h1-8H,(H,15,17). The van der Waals surface area contributed by atoms with E-state index in [9.17, 15) is 0 Å². The summed E-state index contributed by atoms with van der Waals surface area (Å²) < 4.78 is 1.21. The molecule has 0 saturated carbocycles. The Labute approximate surface area is 117 Å². The molecular formula is C14H9N3S2. The molecule has 0 amide bonds. The van der Waals surface area contributed by atoms with Gasteiger partial charge in [-0.05, 0) is 35.7 Å². The molecule has 5 heteroatoms. The topological polar surface area (TPSA) is 37.8 Å². The highest BCUT2D eigenvalue weighted by Crippen LogP contribution is 2.29. The number of nitrogens with zero attached hydrogens (tertiary/aromatic N) is 2. The van der Waals surface area contributed by atoms with E-state index in [-0.39, 0.29) is 0 Å². The predicted octanol–water partition coefficient (Wildman–Crippen LogP) is 4.65. The van der Waals surface area contributed by atoms with E-state index >= 15 is 0 Å². The predicted molar refractivity (Wildman–Crippen MR) is 82.5 cm³/mol. The maximum absolute atomic E-state index is 4.35. The zero-order valence-electron chi connectivity index (χ0n) is 9.83. The van der Waals surface area contributed by atoms with E-state index in [0.29, 0.717) is 0 Å². The number of thiophene rings is 1. The maximum atomic E-state index is 4.35. The van der Waals surface area contributed by atoms with Crippen LogP contribution in [0.2, 0.25) is 0 Å². The van der Waals surface area contributed by atoms with Gasteiger partial charge in [-0.1, -0.05) is 0 Å². The van der Waals surface area contributed by atoms with Crippen molar-refractivity contribution in [1.29, 1.82) is 0 Å². The number of pyridine rings is 1. The van der Waals surface area contributed by atoms with E-state index in [1.807, 2.05) is 17.8 Å². The molecule has 92 valence electrons. The Morgan fingerprint density at radius 1 is 1.00 bits per heavy atom. The molecule has 0 spiro atoms. The number of hydrogen-bond donors (Lipinski definition) is 1. The van der Waals surface area contributed by atoms with E-state index < -0.39 is 0 Å². The van der Waals surface area contributed by atoms with Gasteiger partial charge >= 0.3 is 0 Å². The van der Waals surface area contributed by atoms with Gasteiger partial charge < -0.3 is 5.32 Å². The third kappa shape index (κ3) is 1.87. The molecule has 0 fully saturated rings. The Balaban J connectivity index is 1.79. The molecule has 0 unspecified atom stereocenters. The molecule has 3 nitrogen and oxygen atoms in total. The average molecular weight is 283 g/mol. The second-order valence-electron chi connectivity index (χ2n) is 4.16. The average Bonchev–Trinajstić information content (AvgIpc) is 3.06. The number of aromatic nitrogens is 2. The number of anilines is 2. The summed E-state index contributed by atoms with van der Waals surface area (Å²) in [5.74, 6) is 0. The summed E-state index contributed by atoms with van der Waals surface area (Å²) in [5, 5.41) is 6.67. The molecule has 19 heavy (non-hydrogen) atoms. The summed E-state index contributed by atoms with van der Waals surface area (Å²) in [6.07, 6.45) is 1.84. The molecule has 4 aromatic rings. The molecule has 1 N–H and O–H groups in total. The normalized spacial score (nSPS) is 11.2. The van der Waals surface area contributed by atoms with Crippen LogP contribution in [0.25, 0.3) is 20.4 Å². The van der Waals surface area contributed by atoms with Crippen molar-refractivity contribution in [3.05, 3.63) is 47.4 Å². The van der Waals surface area contributed by atoms with Gasteiger partial charge in [-0.3, -0.25) is 0 Å². The van der Waals surface area contributed by atoms with E-state index in [1.54, 1.807) is 22.7 Å². The van der Waals surface area contributed by atoms with Gasteiger partial charge in [-0.15, -0.1) is 22.7 Å². The van der Waals surface area contributed by atoms with E-state index in [4.69, 9.17) is 0 Å². The number of benzene rings is 1. The van der Waals surface area contributed by atoms with Crippen LogP contribution >= 0.6 is 22.7 Å². The number of nitrogens with one attached hydrogen (secondary N) is 1. The number of thiazole rings is 1. The molecule has 1 aromatic carbocycles. The minimum absolute atomic E-state index is 1.03. The Hall–Kier alpha value is -1.98. The SMILES string of the molecule is c1cc(Nc2ccc3scnc3c2)c2ccsc2n1. The molecule has 0 aliphatic heterocycles. The molecular weight excluding hydrogens is 274 g/mol. The lowest BCUT2D eigenvalue weighted by molar-refractivity contribution is 1.43. The van der Waals surface area contributed by atoms with Gasteiger partial charge in [0.1, 0.15) is 4.83 Å². The lowest BCUT2D eigenvalue weighted by Crippen LogP contribution is -1.90. The van der Waals surface area contributed by atoms with E-state index in [1.165, 1.54) is 4.70 Å². The van der Waals surface area contributed by atoms with Crippen molar-refractivity contribution in [2.75, 3.05) is 5.32 Å². The van der Waals surface area contributed by atoms with Crippen LogP contribution in [0.3, 0.4) is 0 Å². The molecule has 0 saturated heterocycles. The third-order valence-corrected chi connectivity index (χ3v) is 4.61. The number of fused-ring (bicyclic) bond motifs is 2. The van der Waals surface area contributed by atoms with Gasteiger partial charge in [0.2, 0.25) is 0 Å². The fourth-order valence-electron chi connectivity index (χ4n) is 2.08.